The molecule has 0 spiro atoms. The van der Waals surface area contributed by atoms with E-state index >= 15 is 0 Å². The van der Waals surface area contributed by atoms with Crippen LogP contribution in [0.4, 0.5) is 10.3 Å². The molecule has 5 rings (SSSR count). The number of carbonyl (C=O) groups excluding carboxylic acids is 1. The molecule has 33 heavy (non-hydrogen) atoms. The molecule has 1 aliphatic carbocycles. The molecule has 0 fully saturated rings. The normalized spacial score (nSPS) is 17.4. The molecule has 1 aliphatic heterocycles. The number of fused-ring (bicyclic) bond motifs is 1. The highest BCUT2D eigenvalue weighted by molar-refractivity contribution is 7.99. The van der Waals surface area contributed by atoms with Gasteiger partial charge in [0.05, 0.1) is 5.02 Å². The lowest BCUT2D eigenvalue weighted by atomic mass is 9.85. The van der Waals surface area contributed by atoms with Crippen molar-refractivity contribution in [3.63, 3.8) is 0 Å². The summed E-state index contributed by atoms with van der Waals surface area (Å²) >= 11 is 7.65. The number of ether oxygens (including phenoxy) is 1. The molecule has 6 nitrogen and oxygen atoms in total. The van der Waals surface area contributed by atoms with Crippen molar-refractivity contribution in [2.24, 2.45) is 0 Å². The molecule has 1 N–H and O–H groups in total. The summed E-state index contributed by atoms with van der Waals surface area (Å²) in [6.07, 6.45) is 2.17. The predicted octanol–water partition coefficient (Wildman–Crippen LogP) is 5.78. The number of ketones is 1. The van der Waals surface area contributed by atoms with Gasteiger partial charge in [0.1, 0.15) is 24.2 Å². The van der Waals surface area contributed by atoms with Crippen molar-refractivity contribution in [1.82, 2.24) is 14.8 Å². The number of thioether (sulfide) groups is 1. The zero-order valence-corrected chi connectivity index (χ0v) is 19.5. The summed E-state index contributed by atoms with van der Waals surface area (Å²) in [6, 6.07) is 11.7. The molecule has 0 radical (unpaired) electrons. The number of hydrogen-bond acceptors (Lipinski definition) is 6. The largest absolute Gasteiger partial charge is 0.489 e. The number of Topliss-reactive ketones (excluding diaryl/α,β-unsaturated/α-hetero) is 1. The van der Waals surface area contributed by atoms with Crippen LogP contribution in [-0.4, -0.2) is 26.3 Å². The molecule has 2 aliphatic rings. The SMILES string of the molecule is CCSc1nc2n(n1)C(c1ccc(OCc3c(F)cccc3Cl)cc1)C1=C(CCCC1=O)N2. The Kier molecular flexibility index (Phi) is 6.12. The number of nitrogens with zero attached hydrogens (tertiary/aromatic N) is 3. The Morgan fingerprint density at radius 1 is 1.24 bits per heavy atom. The van der Waals surface area contributed by atoms with Gasteiger partial charge in [-0.25, -0.2) is 9.07 Å². The van der Waals surface area contributed by atoms with Crippen molar-refractivity contribution in [2.45, 2.75) is 44.0 Å². The van der Waals surface area contributed by atoms with Crippen LogP contribution < -0.4 is 10.1 Å². The highest BCUT2D eigenvalue weighted by atomic mass is 35.5. The number of nitrogens with one attached hydrogen (secondary N) is 1. The van der Waals surface area contributed by atoms with E-state index in [9.17, 15) is 9.18 Å². The number of carbonyl (C=O) groups is 1. The lowest BCUT2D eigenvalue weighted by Crippen LogP contribution is -2.31. The third kappa shape index (κ3) is 4.25. The van der Waals surface area contributed by atoms with Gasteiger partial charge in [-0.1, -0.05) is 48.5 Å². The number of allylic oxidation sites excluding steroid dienone is 2. The zero-order valence-electron chi connectivity index (χ0n) is 18.0. The minimum atomic E-state index is -0.399. The van der Waals surface area contributed by atoms with Crippen molar-refractivity contribution < 1.29 is 13.9 Å². The van der Waals surface area contributed by atoms with Crippen LogP contribution in [0.2, 0.25) is 5.02 Å². The third-order valence-corrected chi connectivity index (χ3v) is 6.84. The van der Waals surface area contributed by atoms with Crippen LogP contribution in [0, 0.1) is 5.82 Å². The number of hydrogen-bond donors (Lipinski definition) is 1. The molecule has 2 heterocycles. The zero-order chi connectivity index (χ0) is 22.9. The molecule has 2 aromatic carbocycles. The fourth-order valence-electron chi connectivity index (χ4n) is 4.21. The van der Waals surface area contributed by atoms with Gasteiger partial charge < -0.3 is 10.1 Å². The van der Waals surface area contributed by atoms with Crippen LogP contribution in [0.25, 0.3) is 0 Å². The van der Waals surface area contributed by atoms with E-state index in [0.717, 1.165) is 35.4 Å². The Balaban J connectivity index is 1.44. The summed E-state index contributed by atoms with van der Waals surface area (Å²) < 4.78 is 21.6. The fourth-order valence-corrected chi connectivity index (χ4v) is 4.98. The molecule has 9 heteroatoms. The average molecular weight is 485 g/mol. The second-order valence-electron chi connectivity index (χ2n) is 7.85. The molecule has 0 bridgehead atoms. The smallest absolute Gasteiger partial charge is 0.227 e. The summed E-state index contributed by atoms with van der Waals surface area (Å²) in [5.74, 6) is 1.83. The summed E-state index contributed by atoms with van der Waals surface area (Å²) in [6.45, 7) is 2.08. The van der Waals surface area contributed by atoms with Gasteiger partial charge in [0, 0.05) is 23.3 Å². The van der Waals surface area contributed by atoms with Crippen LogP contribution in [0.1, 0.15) is 43.4 Å². The first kappa shape index (κ1) is 22.0. The highest BCUT2D eigenvalue weighted by Gasteiger charge is 2.36. The maximum atomic E-state index is 14.0. The van der Waals surface area contributed by atoms with Crippen molar-refractivity contribution in [3.8, 4) is 5.75 Å². The van der Waals surface area contributed by atoms with E-state index < -0.39 is 5.82 Å². The van der Waals surface area contributed by atoms with E-state index in [2.05, 4.69) is 22.3 Å². The lowest BCUT2D eigenvalue weighted by Gasteiger charge is -2.32. The van der Waals surface area contributed by atoms with Gasteiger partial charge in [0.25, 0.3) is 0 Å². The Labute approximate surface area is 200 Å². The van der Waals surface area contributed by atoms with Gasteiger partial charge in [-0.2, -0.15) is 4.98 Å². The van der Waals surface area contributed by atoms with E-state index in [-0.39, 0.29) is 18.4 Å². The van der Waals surface area contributed by atoms with Crippen molar-refractivity contribution in [3.05, 3.63) is 75.7 Å². The van der Waals surface area contributed by atoms with Gasteiger partial charge in [0.2, 0.25) is 11.1 Å². The molecule has 0 amide bonds. The summed E-state index contributed by atoms with van der Waals surface area (Å²) in [4.78, 5) is 17.5. The second-order valence-corrected chi connectivity index (χ2v) is 9.49. The van der Waals surface area contributed by atoms with E-state index in [4.69, 9.17) is 16.3 Å². The molecule has 170 valence electrons. The molecule has 1 aromatic heterocycles. The monoisotopic (exact) mass is 484 g/mol. The lowest BCUT2D eigenvalue weighted by molar-refractivity contribution is -0.116. The van der Waals surface area contributed by atoms with Gasteiger partial charge in [-0.15, -0.1) is 5.10 Å². The molecule has 1 atom stereocenters. The Morgan fingerprint density at radius 3 is 2.82 bits per heavy atom. The molecule has 3 aromatic rings. The summed E-state index contributed by atoms with van der Waals surface area (Å²) in [5.41, 5.74) is 2.91. The second kappa shape index (κ2) is 9.19. The Bertz CT molecular complexity index is 1220. The average Bonchev–Trinajstić information content (AvgIpc) is 3.20. The van der Waals surface area contributed by atoms with Crippen LogP contribution in [0.5, 0.6) is 5.75 Å². The predicted molar refractivity (Wildman–Crippen MR) is 126 cm³/mol. The Hall–Kier alpha value is -2.84. The molecule has 0 saturated carbocycles. The van der Waals surface area contributed by atoms with Gasteiger partial charge in [0.15, 0.2) is 5.78 Å². The first-order valence-electron chi connectivity index (χ1n) is 10.8. The minimum absolute atomic E-state index is 0.0246. The van der Waals surface area contributed by atoms with Crippen LogP contribution >= 0.6 is 23.4 Å². The fraction of sp³-hybridized carbons (Fsp3) is 0.292. The van der Waals surface area contributed by atoms with E-state index in [1.807, 2.05) is 24.3 Å². The van der Waals surface area contributed by atoms with Crippen molar-refractivity contribution in [1.29, 1.82) is 0 Å². The summed E-state index contributed by atoms with van der Waals surface area (Å²) in [7, 11) is 0. The quantitative estimate of drug-likeness (QED) is 0.447. The van der Waals surface area contributed by atoms with Gasteiger partial charge >= 0.3 is 0 Å². The van der Waals surface area contributed by atoms with Crippen LogP contribution in [-0.2, 0) is 11.4 Å². The van der Waals surface area contributed by atoms with Crippen molar-refractivity contribution in [2.75, 3.05) is 11.1 Å². The van der Waals surface area contributed by atoms with E-state index in [0.29, 0.717) is 33.9 Å². The Morgan fingerprint density at radius 2 is 2.06 bits per heavy atom. The minimum Gasteiger partial charge on any atom is -0.489 e. The molecular formula is C24H22ClFN4O2S. The molecule has 1 unspecified atom stereocenters. The third-order valence-electron chi connectivity index (χ3n) is 5.76. The standard InChI is InChI=1S/C24H22ClFN4O2S/c1-2-33-24-28-23-27-19-7-4-8-20(31)21(19)22(30(23)29-24)14-9-11-15(12-10-14)32-13-16-17(25)5-3-6-18(16)26/h3,5-6,9-12,22H,2,4,7-8,13H2,1H3,(H,27,28,29). The van der Waals surface area contributed by atoms with Crippen LogP contribution in [0.15, 0.2) is 58.9 Å². The van der Waals surface area contributed by atoms with Crippen LogP contribution in [0.3, 0.4) is 0 Å². The first-order chi connectivity index (χ1) is 16.0. The number of benzene rings is 2. The van der Waals surface area contributed by atoms with Gasteiger partial charge in [-0.05, 0) is 48.4 Å². The topological polar surface area (TPSA) is 69.0 Å². The molecule has 0 saturated heterocycles. The maximum Gasteiger partial charge on any atom is 0.227 e. The number of halogens is 2. The van der Waals surface area contributed by atoms with E-state index in [1.165, 1.54) is 6.07 Å². The molecular weight excluding hydrogens is 463 g/mol. The highest BCUT2D eigenvalue weighted by Crippen LogP contribution is 2.40. The number of aromatic nitrogens is 3. The first-order valence-corrected chi connectivity index (χ1v) is 12.2. The number of anilines is 1. The number of rotatable bonds is 6. The summed E-state index contributed by atoms with van der Waals surface area (Å²) in [5, 5.41) is 9.01. The van der Waals surface area contributed by atoms with Crippen molar-refractivity contribution >= 4 is 35.1 Å². The maximum absolute atomic E-state index is 14.0. The van der Waals surface area contributed by atoms with E-state index in [1.54, 1.807) is 28.6 Å². The van der Waals surface area contributed by atoms with Gasteiger partial charge in [-0.3, -0.25) is 4.79 Å².